The number of hydrogen-bond donors (Lipinski definition) is 1. The van der Waals surface area contributed by atoms with Crippen molar-refractivity contribution in [1.29, 1.82) is 0 Å². The number of nitrogens with zero attached hydrogens (tertiary/aromatic N) is 3. The summed E-state index contributed by atoms with van der Waals surface area (Å²) in [7, 11) is 1.44. The van der Waals surface area contributed by atoms with Gasteiger partial charge in [0.15, 0.2) is 6.10 Å². The van der Waals surface area contributed by atoms with E-state index in [1.807, 2.05) is 0 Å². The van der Waals surface area contributed by atoms with E-state index in [4.69, 9.17) is 13.9 Å². The monoisotopic (exact) mass is 385 g/mol. The van der Waals surface area contributed by atoms with Gasteiger partial charge in [-0.2, -0.15) is 0 Å². The van der Waals surface area contributed by atoms with Crippen molar-refractivity contribution in [2.45, 2.75) is 13.0 Å². The number of carbonyl (C=O) groups is 1. The topological polar surface area (TPSA) is 138 Å². The summed E-state index contributed by atoms with van der Waals surface area (Å²) < 4.78 is 15.7. The van der Waals surface area contributed by atoms with Gasteiger partial charge in [0.25, 0.3) is 11.6 Å². The summed E-state index contributed by atoms with van der Waals surface area (Å²) in [6.07, 6.45) is -0.881. The summed E-state index contributed by atoms with van der Waals surface area (Å²) in [5, 5.41) is 28.3. The molecule has 1 aromatic heterocycles. The fraction of sp³-hybridized carbons (Fsp3) is 0.167. The van der Waals surface area contributed by atoms with E-state index in [9.17, 15) is 20.0 Å². The van der Waals surface area contributed by atoms with Crippen LogP contribution in [-0.2, 0) is 4.74 Å². The first-order chi connectivity index (χ1) is 13.4. The number of nitro benzene ring substituents is 1. The quantitative estimate of drug-likeness (QED) is 0.385. The Morgan fingerprint density at radius 1 is 1.21 bits per heavy atom. The third-order valence-electron chi connectivity index (χ3n) is 3.82. The number of methoxy groups -OCH3 is 1. The lowest BCUT2D eigenvalue weighted by atomic mass is 10.2. The van der Waals surface area contributed by atoms with Gasteiger partial charge in [0.2, 0.25) is 5.89 Å². The Bertz CT molecular complexity index is 1010. The van der Waals surface area contributed by atoms with Crippen LogP contribution in [0.3, 0.4) is 0 Å². The van der Waals surface area contributed by atoms with Gasteiger partial charge in [-0.1, -0.05) is 0 Å². The maximum atomic E-state index is 12.3. The van der Waals surface area contributed by atoms with Crippen LogP contribution in [0.4, 0.5) is 5.69 Å². The molecule has 0 fully saturated rings. The lowest BCUT2D eigenvalue weighted by Gasteiger charge is -2.11. The molecule has 0 bridgehead atoms. The second kappa shape index (κ2) is 7.74. The molecule has 1 atom stereocenters. The van der Waals surface area contributed by atoms with E-state index in [2.05, 4.69) is 10.2 Å². The highest BCUT2D eigenvalue weighted by molar-refractivity contribution is 5.92. The fourth-order valence-corrected chi connectivity index (χ4v) is 2.33. The molecule has 0 radical (unpaired) electrons. The Labute approximate surface area is 158 Å². The molecule has 10 nitrogen and oxygen atoms in total. The second-order valence-corrected chi connectivity index (χ2v) is 5.68. The largest absolute Gasteiger partial charge is 0.507 e. The molecule has 0 unspecified atom stereocenters. The van der Waals surface area contributed by atoms with Crippen LogP contribution in [0, 0.1) is 10.1 Å². The van der Waals surface area contributed by atoms with E-state index in [0.717, 1.165) is 0 Å². The molecule has 0 aliphatic carbocycles. The Kier molecular flexibility index (Phi) is 5.21. The van der Waals surface area contributed by atoms with Crippen LogP contribution in [0.2, 0.25) is 0 Å². The van der Waals surface area contributed by atoms with E-state index >= 15 is 0 Å². The predicted molar refractivity (Wildman–Crippen MR) is 94.9 cm³/mol. The molecule has 3 aromatic rings. The van der Waals surface area contributed by atoms with Gasteiger partial charge in [0.1, 0.15) is 17.1 Å². The zero-order chi connectivity index (χ0) is 20.3. The SMILES string of the molecule is COc1ccc(C(=O)O[C@H](C)c2nnc(-c3ccc([N+](=O)[O-])cc3)o2)c(O)c1. The highest BCUT2D eigenvalue weighted by Crippen LogP contribution is 2.27. The minimum atomic E-state index is -0.881. The molecule has 10 heteroatoms. The van der Waals surface area contributed by atoms with Crippen molar-refractivity contribution in [2.75, 3.05) is 7.11 Å². The summed E-state index contributed by atoms with van der Waals surface area (Å²) in [6.45, 7) is 1.53. The van der Waals surface area contributed by atoms with E-state index < -0.39 is 17.0 Å². The third kappa shape index (κ3) is 3.90. The molecule has 1 N–H and O–H groups in total. The van der Waals surface area contributed by atoms with Gasteiger partial charge in [0, 0.05) is 23.8 Å². The smallest absolute Gasteiger partial charge is 0.342 e. The number of ether oxygens (including phenoxy) is 2. The second-order valence-electron chi connectivity index (χ2n) is 5.68. The lowest BCUT2D eigenvalue weighted by molar-refractivity contribution is -0.384. The van der Waals surface area contributed by atoms with Gasteiger partial charge >= 0.3 is 5.97 Å². The van der Waals surface area contributed by atoms with Crippen LogP contribution in [0.5, 0.6) is 11.5 Å². The summed E-state index contributed by atoms with van der Waals surface area (Å²) in [5.41, 5.74) is 0.378. The molecule has 0 aliphatic rings. The van der Waals surface area contributed by atoms with Gasteiger partial charge < -0.3 is 19.0 Å². The first-order valence-corrected chi connectivity index (χ1v) is 8.05. The maximum Gasteiger partial charge on any atom is 0.342 e. The van der Waals surface area contributed by atoms with Crippen molar-refractivity contribution in [3.05, 3.63) is 64.0 Å². The van der Waals surface area contributed by atoms with Gasteiger partial charge in [-0.3, -0.25) is 10.1 Å². The van der Waals surface area contributed by atoms with E-state index in [0.29, 0.717) is 11.3 Å². The molecule has 0 saturated carbocycles. The minimum absolute atomic E-state index is 0.0368. The van der Waals surface area contributed by atoms with E-state index in [1.165, 1.54) is 56.5 Å². The molecule has 0 saturated heterocycles. The molecule has 1 heterocycles. The van der Waals surface area contributed by atoms with Crippen LogP contribution in [-0.4, -0.2) is 33.3 Å². The number of nitro groups is 1. The average molecular weight is 385 g/mol. The first kappa shape index (κ1) is 18.8. The number of benzene rings is 2. The molecule has 3 rings (SSSR count). The predicted octanol–water partition coefficient (Wildman–Crippen LogP) is 3.28. The zero-order valence-corrected chi connectivity index (χ0v) is 14.9. The van der Waals surface area contributed by atoms with Gasteiger partial charge in [-0.05, 0) is 31.2 Å². The Balaban J connectivity index is 1.72. The number of aromatic nitrogens is 2. The number of rotatable bonds is 6. The molecular weight excluding hydrogens is 370 g/mol. The van der Waals surface area contributed by atoms with Crippen molar-refractivity contribution in [2.24, 2.45) is 0 Å². The third-order valence-corrected chi connectivity index (χ3v) is 3.82. The van der Waals surface area contributed by atoms with Crippen LogP contribution in [0.1, 0.15) is 29.3 Å². The molecular formula is C18H15N3O7. The number of hydrogen-bond acceptors (Lipinski definition) is 9. The number of carbonyl (C=O) groups excluding carboxylic acids is 1. The number of phenols is 1. The molecule has 28 heavy (non-hydrogen) atoms. The lowest BCUT2D eigenvalue weighted by Crippen LogP contribution is -2.10. The van der Waals surface area contributed by atoms with Gasteiger partial charge in [-0.15, -0.1) is 10.2 Å². The van der Waals surface area contributed by atoms with Crippen LogP contribution < -0.4 is 4.74 Å². The standard InChI is InChI=1S/C18H15N3O7/c1-10(27-18(23)14-8-7-13(26-2)9-15(14)22)16-19-20-17(28-16)11-3-5-12(6-4-11)21(24)25/h3-10,22H,1-2H3/t10-/m1/s1. The van der Waals surface area contributed by atoms with Crippen molar-refractivity contribution in [3.8, 4) is 23.0 Å². The normalized spacial score (nSPS) is 11.6. The summed E-state index contributed by atoms with van der Waals surface area (Å²) in [5.74, 6) is -0.502. The number of aromatic hydroxyl groups is 1. The van der Waals surface area contributed by atoms with Crippen LogP contribution in [0.25, 0.3) is 11.5 Å². The van der Waals surface area contributed by atoms with E-state index in [-0.39, 0.29) is 28.8 Å². The fourth-order valence-electron chi connectivity index (χ4n) is 2.33. The molecule has 0 spiro atoms. The maximum absolute atomic E-state index is 12.3. The Hall–Kier alpha value is -3.95. The minimum Gasteiger partial charge on any atom is -0.507 e. The molecule has 144 valence electrons. The van der Waals surface area contributed by atoms with Crippen molar-refractivity contribution in [3.63, 3.8) is 0 Å². The highest BCUT2D eigenvalue weighted by Gasteiger charge is 2.22. The Morgan fingerprint density at radius 2 is 1.93 bits per heavy atom. The average Bonchev–Trinajstić information content (AvgIpc) is 3.18. The van der Waals surface area contributed by atoms with Crippen LogP contribution >= 0.6 is 0 Å². The summed E-state index contributed by atoms with van der Waals surface area (Å²) in [6, 6.07) is 9.76. The van der Waals surface area contributed by atoms with Crippen molar-refractivity contribution in [1.82, 2.24) is 10.2 Å². The molecule has 0 aliphatic heterocycles. The van der Waals surface area contributed by atoms with Gasteiger partial charge in [0.05, 0.1) is 12.0 Å². The summed E-state index contributed by atoms with van der Waals surface area (Å²) >= 11 is 0. The van der Waals surface area contributed by atoms with Crippen LogP contribution in [0.15, 0.2) is 46.9 Å². The highest BCUT2D eigenvalue weighted by atomic mass is 16.6. The zero-order valence-electron chi connectivity index (χ0n) is 14.9. The molecule has 0 amide bonds. The van der Waals surface area contributed by atoms with E-state index in [1.54, 1.807) is 0 Å². The molecule has 2 aromatic carbocycles. The number of esters is 1. The van der Waals surface area contributed by atoms with Crippen molar-refractivity contribution >= 4 is 11.7 Å². The van der Waals surface area contributed by atoms with Crippen molar-refractivity contribution < 1.29 is 28.7 Å². The number of phenolic OH excluding ortho intramolecular Hbond substituents is 1. The summed E-state index contributed by atoms with van der Waals surface area (Å²) in [4.78, 5) is 22.4. The number of non-ortho nitro benzene ring substituents is 1. The first-order valence-electron chi connectivity index (χ1n) is 8.05. The Morgan fingerprint density at radius 3 is 2.54 bits per heavy atom. The van der Waals surface area contributed by atoms with Gasteiger partial charge in [-0.25, -0.2) is 4.79 Å².